The Morgan fingerprint density at radius 3 is 2.54 bits per heavy atom. The van der Waals surface area contributed by atoms with Crippen LogP contribution in [0.25, 0.3) is 0 Å². The Morgan fingerprint density at radius 2 is 1.84 bits per heavy atom. The van der Waals surface area contributed by atoms with Crippen LogP contribution in [0, 0.1) is 11.8 Å². The van der Waals surface area contributed by atoms with Gasteiger partial charge in [-0.1, -0.05) is 47.2 Å². The molecule has 3 N–H and O–H groups in total. The summed E-state index contributed by atoms with van der Waals surface area (Å²) < 4.78 is 34.0. The summed E-state index contributed by atoms with van der Waals surface area (Å²) in [7, 11) is -4.08. The number of aromatic nitrogens is 1. The van der Waals surface area contributed by atoms with Crippen LogP contribution in [0.3, 0.4) is 0 Å². The number of anilines is 1. The van der Waals surface area contributed by atoms with E-state index in [0.717, 1.165) is 25.2 Å². The molecule has 1 aromatic heterocycles. The van der Waals surface area contributed by atoms with E-state index < -0.39 is 28.5 Å². The molecule has 3 rings (SSSR count). The lowest BCUT2D eigenvalue weighted by Gasteiger charge is -2.13. The molecule has 0 aliphatic carbocycles. The Hall–Kier alpha value is -3.29. The Morgan fingerprint density at radius 1 is 1.05 bits per heavy atom. The number of benzene rings is 2. The van der Waals surface area contributed by atoms with Crippen molar-refractivity contribution in [2.45, 2.75) is 30.2 Å². The van der Waals surface area contributed by atoms with Crippen molar-refractivity contribution in [3.05, 3.63) is 82.5 Å². The third-order valence-corrected chi connectivity index (χ3v) is 6.76. The predicted molar refractivity (Wildman–Crippen MR) is 144 cm³/mol. The summed E-state index contributed by atoms with van der Waals surface area (Å²) in [5.74, 6) is 5.36. The Bertz CT molecular complexity index is 1360. The Balaban J connectivity index is 1.59. The van der Waals surface area contributed by atoms with Crippen LogP contribution in [0.15, 0.2) is 71.8 Å². The quantitative estimate of drug-likeness (QED) is 0.214. The topological polar surface area (TPSA) is 118 Å². The highest BCUT2D eigenvalue weighted by atomic mass is 35.5. The number of sulfonamides is 1. The summed E-state index contributed by atoms with van der Waals surface area (Å²) in [6.07, 6.45) is 2.76. The van der Waals surface area contributed by atoms with E-state index in [1.54, 1.807) is 30.5 Å². The summed E-state index contributed by atoms with van der Waals surface area (Å²) in [6, 6.07) is 15.1. The molecular formula is C26H25Cl2N3O5S. The summed E-state index contributed by atoms with van der Waals surface area (Å²) >= 11 is 11.9. The van der Waals surface area contributed by atoms with Gasteiger partial charge in [0.25, 0.3) is 0 Å². The first kappa shape index (κ1) is 28.3. The van der Waals surface area contributed by atoms with E-state index in [4.69, 9.17) is 27.9 Å². The molecule has 0 aliphatic rings. The first-order valence-corrected chi connectivity index (χ1v) is 13.5. The number of carbonyl (C=O) groups is 1. The van der Waals surface area contributed by atoms with Crippen LogP contribution in [0.2, 0.25) is 10.0 Å². The lowest BCUT2D eigenvalue weighted by molar-refractivity contribution is -0.137. The van der Waals surface area contributed by atoms with Crippen molar-refractivity contribution in [1.82, 2.24) is 9.71 Å². The molecule has 1 heterocycles. The molecule has 3 aromatic rings. The van der Waals surface area contributed by atoms with Gasteiger partial charge in [-0.2, -0.15) is 4.72 Å². The van der Waals surface area contributed by atoms with E-state index in [2.05, 4.69) is 26.9 Å². The number of aliphatic carboxylic acids is 1. The molecular weight excluding hydrogens is 537 g/mol. The van der Waals surface area contributed by atoms with E-state index >= 15 is 0 Å². The number of nitrogens with one attached hydrogen (secondary N) is 2. The van der Waals surface area contributed by atoms with Crippen molar-refractivity contribution in [1.29, 1.82) is 0 Å². The minimum atomic E-state index is -4.08. The van der Waals surface area contributed by atoms with Crippen LogP contribution >= 0.6 is 23.2 Å². The Kier molecular flexibility index (Phi) is 10.6. The van der Waals surface area contributed by atoms with Gasteiger partial charge in [0.15, 0.2) is 0 Å². The van der Waals surface area contributed by atoms with Crippen molar-refractivity contribution in [3.63, 3.8) is 0 Å². The molecule has 0 saturated heterocycles. The van der Waals surface area contributed by atoms with Crippen LogP contribution in [-0.4, -0.2) is 43.7 Å². The maximum atomic E-state index is 13.0. The van der Waals surface area contributed by atoms with E-state index in [9.17, 15) is 18.3 Å². The second kappa shape index (κ2) is 13.9. The number of carboxylic acid groups (broad SMARTS) is 1. The lowest BCUT2D eigenvalue weighted by Crippen LogP contribution is -2.35. The van der Waals surface area contributed by atoms with Gasteiger partial charge >= 0.3 is 5.97 Å². The van der Waals surface area contributed by atoms with Crippen LogP contribution in [-0.2, 0) is 14.8 Å². The van der Waals surface area contributed by atoms with E-state index in [-0.39, 0.29) is 4.90 Å². The van der Waals surface area contributed by atoms with Crippen LogP contribution < -0.4 is 14.8 Å². The molecule has 1 unspecified atom stereocenters. The van der Waals surface area contributed by atoms with Crippen molar-refractivity contribution >= 4 is 45.0 Å². The number of rotatable bonds is 12. The van der Waals surface area contributed by atoms with E-state index in [1.165, 1.54) is 18.2 Å². The third-order valence-electron chi connectivity index (χ3n) is 4.86. The molecule has 0 radical (unpaired) electrons. The minimum absolute atomic E-state index is 0.0650. The number of nitrogens with zero attached hydrogens (tertiary/aromatic N) is 1. The monoisotopic (exact) mass is 561 g/mol. The number of unbranched alkanes of at least 4 members (excludes halogenated alkanes) is 1. The molecule has 194 valence electrons. The van der Waals surface area contributed by atoms with Gasteiger partial charge < -0.3 is 15.2 Å². The summed E-state index contributed by atoms with van der Waals surface area (Å²) in [4.78, 5) is 15.4. The standard InChI is InChI=1S/C26H25Cl2N3O5S/c27-20-14-19(15-21(28)16-20)9-10-22(17-26(32)33)31-37(34,35)24-7-5-6-23(18-24)36-13-4-3-12-30-25-8-1-2-11-29-25/h1-2,5-8,11,14-16,18,22,31H,3-4,12-13,17H2,(H,29,30)(H,32,33). The van der Waals surface area contributed by atoms with Gasteiger partial charge in [0.1, 0.15) is 11.6 Å². The van der Waals surface area contributed by atoms with Crippen molar-refractivity contribution in [2.24, 2.45) is 0 Å². The highest BCUT2D eigenvalue weighted by Gasteiger charge is 2.21. The maximum Gasteiger partial charge on any atom is 0.305 e. The summed E-state index contributed by atoms with van der Waals surface area (Å²) in [5, 5.41) is 13.2. The zero-order valence-electron chi connectivity index (χ0n) is 19.7. The predicted octanol–water partition coefficient (Wildman–Crippen LogP) is 4.83. The highest BCUT2D eigenvalue weighted by molar-refractivity contribution is 7.89. The van der Waals surface area contributed by atoms with Crippen LogP contribution in [0.4, 0.5) is 5.82 Å². The highest BCUT2D eigenvalue weighted by Crippen LogP contribution is 2.20. The number of pyridine rings is 1. The fourth-order valence-corrected chi connectivity index (χ4v) is 4.89. The second-order valence-corrected chi connectivity index (χ2v) is 10.5. The first-order valence-electron chi connectivity index (χ1n) is 11.3. The van der Waals surface area contributed by atoms with Crippen molar-refractivity contribution in [3.8, 4) is 17.6 Å². The number of carboxylic acids is 1. The second-order valence-electron chi connectivity index (χ2n) is 7.87. The van der Waals surface area contributed by atoms with Gasteiger partial charge in [-0.05, 0) is 55.3 Å². The zero-order chi connectivity index (χ0) is 26.7. The third kappa shape index (κ3) is 9.94. The molecule has 0 spiro atoms. The fourth-order valence-electron chi connectivity index (χ4n) is 3.18. The molecule has 0 bridgehead atoms. The number of hydrogen-bond acceptors (Lipinski definition) is 6. The van der Waals surface area contributed by atoms with Crippen LogP contribution in [0.5, 0.6) is 5.75 Å². The first-order chi connectivity index (χ1) is 17.7. The van der Waals surface area contributed by atoms with E-state index in [1.807, 2.05) is 18.2 Å². The molecule has 8 nitrogen and oxygen atoms in total. The molecule has 0 amide bonds. The lowest BCUT2D eigenvalue weighted by atomic mass is 10.2. The molecule has 11 heteroatoms. The smallest absolute Gasteiger partial charge is 0.305 e. The number of hydrogen-bond donors (Lipinski definition) is 3. The van der Waals surface area contributed by atoms with Crippen molar-refractivity contribution in [2.75, 3.05) is 18.5 Å². The van der Waals surface area contributed by atoms with E-state index in [0.29, 0.717) is 28.0 Å². The van der Waals surface area contributed by atoms with Gasteiger partial charge in [0.05, 0.1) is 24.0 Å². The van der Waals surface area contributed by atoms with Gasteiger partial charge in [0.2, 0.25) is 10.0 Å². The molecule has 0 fully saturated rings. The fraction of sp³-hybridized carbons (Fsp3) is 0.231. The summed E-state index contributed by atoms with van der Waals surface area (Å²) in [5.41, 5.74) is 0.428. The maximum absolute atomic E-state index is 13.0. The van der Waals surface area contributed by atoms with Gasteiger partial charge in [-0.3, -0.25) is 4.79 Å². The average molecular weight is 562 g/mol. The summed E-state index contributed by atoms with van der Waals surface area (Å²) in [6.45, 7) is 1.13. The van der Waals surface area contributed by atoms with Gasteiger partial charge in [-0.15, -0.1) is 0 Å². The van der Waals surface area contributed by atoms with Gasteiger partial charge in [0, 0.05) is 34.4 Å². The number of halogens is 2. The largest absolute Gasteiger partial charge is 0.494 e. The Labute approximate surface area is 226 Å². The zero-order valence-corrected chi connectivity index (χ0v) is 22.0. The molecule has 37 heavy (non-hydrogen) atoms. The SMILES string of the molecule is O=C(O)CC(C#Cc1cc(Cl)cc(Cl)c1)NS(=O)(=O)c1cccc(OCCCCNc2ccccn2)c1. The van der Waals surface area contributed by atoms with Gasteiger partial charge in [-0.25, -0.2) is 13.4 Å². The molecule has 0 saturated carbocycles. The molecule has 0 aliphatic heterocycles. The van der Waals surface area contributed by atoms with Crippen LogP contribution in [0.1, 0.15) is 24.8 Å². The number of ether oxygens (including phenoxy) is 1. The minimum Gasteiger partial charge on any atom is -0.494 e. The molecule has 1 atom stereocenters. The normalized spacial score (nSPS) is 11.7. The van der Waals surface area contributed by atoms with Crippen molar-refractivity contribution < 1.29 is 23.1 Å². The average Bonchev–Trinajstić information content (AvgIpc) is 2.84. The molecule has 2 aromatic carbocycles.